The Balaban J connectivity index is 1.37. The zero-order valence-corrected chi connectivity index (χ0v) is 19.1. The van der Waals surface area contributed by atoms with Crippen LogP contribution in [-0.2, 0) is 9.53 Å². The predicted molar refractivity (Wildman–Crippen MR) is 129 cm³/mol. The third kappa shape index (κ3) is 4.01. The Morgan fingerprint density at radius 3 is 2.86 bits per heavy atom. The lowest BCUT2D eigenvalue weighted by Crippen LogP contribution is -2.36. The highest BCUT2D eigenvalue weighted by atomic mass is 19.1. The number of rotatable bonds is 6. The molecule has 0 spiro atoms. The molecule has 4 aromatic rings. The van der Waals surface area contributed by atoms with Crippen LogP contribution in [0.25, 0.3) is 33.5 Å². The van der Waals surface area contributed by atoms with E-state index in [1.54, 1.807) is 19.3 Å². The summed E-state index contributed by atoms with van der Waals surface area (Å²) in [6, 6.07) is 7.66. The number of anilines is 3. The summed E-state index contributed by atoms with van der Waals surface area (Å²) in [7, 11) is 1.75. The van der Waals surface area contributed by atoms with Gasteiger partial charge in [0.25, 0.3) is 0 Å². The van der Waals surface area contributed by atoms with Crippen LogP contribution in [0.2, 0.25) is 0 Å². The number of amides is 1. The number of pyridine rings is 1. The summed E-state index contributed by atoms with van der Waals surface area (Å²) in [4.78, 5) is 23.9. The van der Waals surface area contributed by atoms with E-state index in [0.29, 0.717) is 53.4 Å². The number of carbonyl (C=O) groups is 1. The van der Waals surface area contributed by atoms with Gasteiger partial charge in [-0.3, -0.25) is 9.18 Å². The number of ether oxygens (including phenoxy) is 1. The number of oxazole rings is 1. The molecule has 10 nitrogen and oxygen atoms in total. The predicted octanol–water partition coefficient (Wildman–Crippen LogP) is 3.26. The second-order valence-corrected chi connectivity index (χ2v) is 8.78. The molecule has 3 aromatic heterocycles. The number of nitrogens with one attached hydrogen (secondary N) is 2. The minimum absolute atomic E-state index is 0.207. The molecule has 35 heavy (non-hydrogen) atoms. The number of aromatic nitrogens is 4. The van der Waals surface area contributed by atoms with Gasteiger partial charge < -0.3 is 24.7 Å². The number of nitrogens with zero attached hydrogens (tertiary/aromatic N) is 5. The van der Waals surface area contributed by atoms with Crippen LogP contribution in [0.1, 0.15) is 6.42 Å². The molecule has 6 rings (SSSR count). The molecule has 2 unspecified atom stereocenters. The van der Waals surface area contributed by atoms with Gasteiger partial charge >= 0.3 is 0 Å². The maximum atomic E-state index is 12.8. The van der Waals surface area contributed by atoms with Gasteiger partial charge in [-0.1, -0.05) is 0 Å². The molecule has 0 radical (unpaired) electrons. The van der Waals surface area contributed by atoms with Crippen LogP contribution in [-0.4, -0.2) is 66.1 Å². The van der Waals surface area contributed by atoms with Crippen LogP contribution >= 0.6 is 0 Å². The molecule has 1 saturated carbocycles. The van der Waals surface area contributed by atoms with E-state index in [-0.39, 0.29) is 23.6 Å². The van der Waals surface area contributed by atoms with Gasteiger partial charge in [-0.25, -0.2) is 9.97 Å². The summed E-state index contributed by atoms with van der Waals surface area (Å²) >= 11 is 0. The highest BCUT2D eigenvalue weighted by Gasteiger charge is 2.43. The number of alkyl halides is 1. The molecule has 2 aliphatic rings. The molecular weight excluding hydrogens is 453 g/mol. The summed E-state index contributed by atoms with van der Waals surface area (Å²) in [5, 5.41) is 14.9. The molecular formula is C24H24FN7O3. The molecule has 1 aliphatic carbocycles. The lowest BCUT2D eigenvalue weighted by Gasteiger charge is -2.28. The summed E-state index contributed by atoms with van der Waals surface area (Å²) in [6.07, 6.45) is 2.22. The molecule has 1 amide bonds. The quantitative estimate of drug-likeness (QED) is 0.431. The van der Waals surface area contributed by atoms with Gasteiger partial charge in [0.05, 0.1) is 25.5 Å². The molecule has 2 atom stereocenters. The van der Waals surface area contributed by atoms with E-state index in [2.05, 4.69) is 30.7 Å². The van der Waals surface area contributed by atoms with Crippen molar-refractivity contribution in [3.8, 4) is 11.5 Å². The van der Waals surface area contributed by atoms with Crippen LogP contribution in [0.5, 0.6) is 0 Å². The van der Waals surface area contributed by atoms with Gasteiger partial charge in [0, 0.05) is 43.3 Å². The molecule has 180 valence electrons. The topological polar surface area (TPSA) is 118 Å². The van der Waals surface area contributed by atoms with Crippen molar-refractivity contribution in [3.05, 3.63) is 30.5 Å². The second kappa shape index (κ2) is 8.73. The third-order valence-electron chi connectivity index (χ3n) is 6.55. The number of halogens is 1. The first-order chi connectivity index (χ1) is 17.1. The lowest BCUT2D eigenvalue weighted by atomic mass is 10.1. The molecule has 1 aliphatic heterocycles. The van der Waals surface area contributed by atoms with Crippen molar-refractivity contribution in [2.45, 2.75) is 6.42 Å². The number of carbonyl (C=O) groups excluding carboxylic acids is 1. The van der Waals surface area contributed by atoms with E-state index in [1.165, 1.54) is 0 Å². The van der Waals surface area contributed by atoms with E-state index < -0.39 is 6.67 Å². The molecule has 11 heteroatoms. The highest BCUT2D eigenvalue weighted by Crippen LogP contribution is 2.40. The SMILES string of the molecule is CNc1ncc(-c2nc3cc(N4CCOCC4)ccc3o2)c2cc(NC(=O)C3CC3CF)nnc12. The van der Waals surface area contributed by atoms with Crippen LogP contribution in [0.4, 0.5) is 21.7 Å². The van der Waals surface area contributed by atoms with E-state index >= 15 is 0 Å². The second-order valence-electron chi connectivity index (χ2n) is 8.78. The van der Waals surface area contributed by atoms with Crippen molar-refractivity contribution in [1.82, 2.24) is 20.2 Å². The van der Waals surface area contributed by atoms with Crippen molar-refractivity contribution in [2.75, 3.05) is 55.6 Å². The zero-order valence-electron chi connectivity index (χ0n) is 19.1. The fraction of sp³-hybridized carbons (Fsp3) is 0.375. The number of hydrogen-bond acceptors (Lipinski definition) is 9. The zero-order chi connectivity index (χ0) is 23.9. The minimum atomic E-state index is -0.492. The number of benzene rings is 1. The Bertz CT molecular complexity index is 1420. The van der Waals surface area contributed by atoms with E-state index in [0.717, 1.165) is 24.3 Å². The summed E-state index contributed by atoms with van der Waals surface area (Å²) in [6.45, 7) is 2.57. The molecule has 1 aromatic carbocycles. The first-order valence-electron chi connectivity index (χ1n) is 11.6. The van der Waals surface area contributed by atoms with Gasteiger partial charge in [-0.05, 0) is 36.6 Å². The van der Waals surface area contributed by atoms with Crippen molar-refractivity contribution >= 4 is 45.2 Å². The number of morpholine rings is 1. The standard InChI is InChI=1S/C24H24FN7O3/c1-26-22-21-16(10-20(30-31-21)29-23(33)15-8-13(15)11-25)17(12-27-22)24-28-18-9-14(2-3-19(18)35-24)32-4-6-34-7-5-32/h2-3,9-10,12-13,15H,4-8,11H2,1H3,(H,26,27)(H,29,30,33). The summed E-state index contributed by atoms with van der Waals surface area (Å²) < 4.78 is 24.4. The lowest BCUT2D eigenvalue weighted by molar-refractivity contribution is -0.117. The molecule has 0 bridgehead atoms. The Morgan fingerprint density at radius 1 is 1.23 bits per heavy atom. The summed E-state index contributed by atoms with van der Waals surface area (Å²) in [5.74, 6) is 0.445. The molecule has 2 fully saturated rings. The van der Waals surface area contributed by atoms with Gasteiger partial charge in [0.1, 0.15) is 11.0 Å². The smallest absolute Gasteiger partial charge is 0.229 e. The van der Waals surface area contributed by atoms with Gasteiger partial charge in [0.2, 0.25) is 11.8 Å². The van der Waals surface area contributed by atoms with Gasteiger partial charge in [-0.15, -0.1) is 10.2 Å². The summed E-state index contributed by atoms with van der Waals surface area (Å²) in [5.41, 5.74) is 3.60. The van der Waals surface area contributed by atoms with E-state index in [9.17, 15) is 9.18 Å². The van der Waals surface area contributed by atoms with E-state index in [4.69, 9.17) is 14.1 Å². The van der Waals surface area contributed by atoms with Crippen LogP contribution in [0.3, 0.4) is 0 Å². The fourth-order valence-corrected chi connectivity index (χ4v) is 4.45. The van der Waals surface area contributed by atoms with Crippen molar-refractivity contribution in [3.63, 3.8) is 0 Å². The maximum absolute atomic E-state index is 12.8. The first-order valence-corrected chi connectivity index (χ1v) is 11.6. The van der Waals surface area contributed by atoms with Crippen molar-refractivity contribution < 1.29 is 18.3 Å². The van der Waals surface area contributed by atoms with Crippen LogP contribution in [0, 0.1) is 11.8 Å². The average Bonchev–Trinajstić information content (AvgIpc) is 3.58. The monoisotopic (exact) mass is 477 g/mol. The average molecular weight is 478 g/mol. The van der Waals surface area contributed by atoms with Crippen LogP contribution in [0.15, 0.2) is 34.9 Å². The molecule has 2 N–H and O–H groups in total. The van der Waals surface area contributed by atoms with Gasteiger partial charge in [0.15, 0.2) is 17.2 Å². The maximum Gasteiger partial charge on any atom is 0.229 e. The fourth-order valence-electron chi connectivity index (χ4n) is 4.45. The Morgan fingerprint density at radius 2 is 2.09 bits per heavy atom. The van der Waals surface area contributed by atoms with Crippen molar-refractivity contribution in [2.24, 2.45) is 11.8 Å². The number of hydrogen-bond donors (Lipinski definition) is 2. The molecule has 4 heterocycles. The van der Waals surface area contributed by atoms with Gasteiger partial charge in [-0.2, -0.15) is 0 Å². The first kappa shape index (κ1) is 21.7. The Kier molecular flexibility index (Phi) is 5.40. The Labute approximate surface area is 199 Å². The normalized spacial score (nSPS) is 19.8. The van der Waals surface area contributed by atoms with Crippen LogP contribution < -0.4 is 15.5 Å². The highest BCUT2D eigenvalue weighted by molar-refractivity contribution is 6.01. The van der Waals surface area contributed by atoms with Crippen molar-refractivity contribution in [1.29, 1.82) is 0 Å². The van der Waals surface area contributed by atoms with E-state index in [1.807, 2.05) is 18.2 Å². The minimum Gasteiger partial charge on any atom is -0.436 e. The largest absolute Gasteiger partial charge is 0.436 e. The number of fused-ring (bicyclic) bond motifs is 2. The third-order valence-corrected chi connectivity index (χ3v) is 6.55. The Hall–Kier alpha value is -3.86. The molecule has 1 saturated heterocycles.